The van der Waals surface area contributed by atoms with E-state index < -0.39 is 0 Å². The topological polar surface area (TPSA) is 98.7 Å². The maximum absolute atomic E-state index is 12.1. The Balaban J connectivity index is 1.60. The third-order valence-corrected chi connectivity index (χ3v) is 4.40. The van der Waals surface area contributed by atoms with Gasteiger partial charge in [-0.3, -0.25) is 4.79 Å². The van der Waals surface area contributed by atoms with Gasteiger partial charge < -0.3 is 11.1 Å². The van der Waals surface area contributed by atoms with E-state index in [0.29, 0.717) is 23.3 Å². The summed E-state index contributed by atoms with van der Waals surface area (Å²) in [7, 11) is 0. The number of benzene rings is 1. The summed E-state index contributed by atoms with van der Waals surface area (Å²) < 4.78 is 0. The van der Waals surface area contributed by atoms with Crippen LogP contribution in [0.3, 0.4) is 0 Å². The summed E-state index contributed by atoms with van der Waals surface area (Å²) >= 11 is 5.85. The minimum Gasteiger partial charge on any atom is -0.351 e. The molecular weight excluding hydrogens is 316 g/mol. The highest BCUT2D eigenvalue weighted by molar-refractivity contribution is 6.30. The first kappa shape index (κ1) is 15.9. The molecule has 1 aliphatic rings. The highest BCUT2D eigenvalue weighted by Crippen LogP contribution is 2.24. The van der Waals surface area contributed by atoms with E-state index in [1.165, 1.54) is 4.80 Å². The number of nitrogens with zero attached hydrogens (tertiary/aromatic N) is 4. The Hall–Kier alpha value is -1.99. The van der Waals surface area contributed by atoms with E-state index in [0.717, 1.165) is 24.8 Å². The third kappa shape index (κ3) is 3.86. The van der Waals surface area contributed by atoms with Gasteiger partial charge in [0, 0.05) is 16.6 Å². The zero-order valence-electron chi connectivity index (χ0n) is 12.7. The Morgan fingerprint density at radius 1 is 1.35 bits per heavy atom. The number of rotatable bonds is 5. The fraction of sp³-hybridized carbons (Fsp3) is 0.467. The van der Waals surface area contributed by atoms with E-state index in [9.17, 15) is 4.79 Å². The number of hydrogen-bond donors (Lipinski definition) is 2. The largest absolute Gasteiger partial charge is 0.351 e. The van der Waals surface area contributed by atoms with Crippen LogP contribution in [0.2, 0.25) is 5.02 Å². The number of nitrogens with two attached hydrogens (primary N) is 1. The van der Waals surface area contributed by atoms with Gasteiger partial charge in [-0.1, -0.05) is 18.0 Å². The lowest BCUT2D eigenvalue weighted by Gasteiger charge is -2.19. The highest BCUT2D eigenvalue weighted by atomic mass is 35.5. The van der Waals surface area contributed by atoms with Crippen LogP contribution in [0.4, 0.5) is 0 Å². The van der Waals surface area contributed by atoms with Crippen LogP contribution in [-0.4, -0.2) is 38.7 Å². The number of hydrogen-bond acceptors (Lipinski definition) is 5. The van der Waals surface area contributed by atoms with E-state index in [1.54, 1.807) is 12.1 Å². The lowest BCUT2D eigenvalue weighted by atomic mass is 10.0. The van der Waals surface area contributed by atoms with Crippen LogP contribution in [0.1, 0.15) is 19.3 Å². The molecule has 23 heavy (non-hydrogen) atoms. The number of carbonyl (C=O) groups is 1. The number of amides is 1. The molecular formula is C15H19ClN6O. The summed E-state index contributed by atoms with van der Waals surface area (Å²) in [5.74, 6) is 0.720. The summed E-state index contributed by atoms with van der Waals surface area (Å²) in [5, 5.41) is 15.8. The van der Waals surface area contributed by atoms with Gasteiger partial charge in [0.05, 0.1) is 0 Å². The molecule has 1 aliphatic carbocycles. The van der Waals surface area contributed by atoms with Crippen molar-refractivity contribution in [3.05, 3.63) is 29.3 Å². The predicted octanol–water partition coefficient (Wildman–Crippen LogP) is 1.24. The molecule has 1 fully saturated rings. The molecule has 0 aliphatic heterocycles. The zero-order chi connectivity index (χ0) is 16.2. The SMILES string of the molecule is NCC1CCCC1NC(=O)Cn1nnc(-c2ccc(Cl)cc2)n1. The average Bonchev–Trinajstić information content (AvgIpc) is 3.17. The van der Waals surface area contributed by atoms with Crippen molar-refractivity contribution in [1.29, 1.82) is 0 Å². The Bertz CT molecular complexity index is 671. The normalized spacial score (nSPS) is 20.6. The average molecular weight is 335 g/mol. The summed E-state index contributed by atoms with van der Waals surface area (Å²) in [6, 6.07) is 7.31. The second-order valence-electron chi connectivity index (χ2n) is 5.75. The molecule has 7 nitrogen and oxygen atoms in total. The van der Waals surface area contributed by atoms with Crippen molar-refractivity contribution in [1.82, 2.24) is 25.5 Å². The molecule has 0 radical (unpaired) electrons. The number of nitrogens with one attached hydrogen (secondary N) is 1. The Labute approximate surface area is 139 Å². The molecule has 1 amide bonds. The molecule has 2 aromatic rings. The summed E-state index contributed by atoms with van der Waals surface area (Å²) in [4.78, 5) is 13.4. The van der Waals surface area contributed by atoms with E-state index >= 15 is 0 Å². The maximum Gasteiger partial charge on any atom is 0.243 e. The summed E-state index contributed by atoms with van der Waals surface area (Å²) in [5.41, 5.74) is 6.54. The van der Waals surface area contributed by atoms with Crippen molar-refractivity contribution in [3.8, 4) is 11.4 Å². The number of tetrazole rings is 1. The first-order chi connectivity index (χ1) is 11.2. The second-order valence-corrected chi connectivity index (χ2v) is 6.19. The van der Waals surface area contributed by atoms with Crippen LogP contribution >= 0.6 is 11.6 Å². The van der Waals surface area contributed by atoms with Crippen LogP contribution in [0, 0.1) is 5.92 Å². The highest BCUT2D eigenvalue weighted by Gasteiger charge is 2.27. The van der Waals surface area contributed by atoms with Gasteiger partial charge in [0.2, 0.25) is 11.7 Å². The first-order valence-corrected chi connectivity index (χ1v) is 8.06. The molecule has 8 heteroatoms. The fourth-order valence-electron chi connectivity index (χ4n) is 2.91. The maximum atomic E-state index is 12.1. The van der Waals surface area contributed by atoms with E-state index in [-0.39, 0.29) is 18.5 Å². The lowest BCUT2D eigenvalue weighted by molar-refractivity contribution is -0.123. The molecule has 3 rings (SSSR count). The van der Waals surface area contributed by atoms with Gasteiger partial charge in [0.25, 0.3) is 0 Å². The first-order valence-electron chi connectivity index (χ1n) is 7.69. The van der Waals surface area contributed by atoms with Gasteiger partial charge in [-0.15, -0.1) is 10.2 Å². The van der Waals surface area contributed by atoms with Crippen molar-refractivity contribution in [2.24, 2.45) is 11.7 Å². The van der Waals surface area contributed by atoms with Crippen molar-refractivity contribution >= 4 is 17.5 Å². The molecule has 1 aromatic carbocycles. The van der Waals surface area contributed by atoms with Crippen molar-refractivity contribution in [2.45, 2.75) is 31.8 Å². The van der Waals surface area contributed by atoms with Crippen LogP contribution in [0.25, 0.3) is 11.4 Å². The molecule has 122 valence electrons. The Morgan fingerprint density at radius 3 is 2.87 bits per heavy atom. The molecule has 3 N–H and O–H groups in total. The minimum atomic E-state index is -0.115. The zero-order valence-corrected chi connectivity index (χ0v) is 13.4. The van der Waals surface area contributed by atoms with Gasteiger partial charge in [-0.2, -0.15) is 4.80 Å². The van der Waals surface area contributed by atoms with Crippen LogP contribution in [-0.2, 0) is 11.3 Å². The summed E-state index contributed by atoms with van der Waals surface area (Å²) in [6.45, 7) is 0.654. The quantitative estimate of drug-likeness (QED) is 0.857. The molecule has 0 saturated heterocycles. The van der Waals surface area contributed by atoms with Gasteiger partial charge in [0.15, 0.2) is 0 Å². The third-order valence-electron chi connectivity index (χ3n) is 4.15. The summed E-state index contributed by atoms with van der Waals surface area (Å²) in [6.07, 6.45) is 3.16. The monoisotopic (exact) mass is 334 g/mol. The van der Waals surface area contributed by atoms with Gasteiger partial charge in [-0.25, -0.2) is 0 Å². The van der Waals surface area contributed by atoms with Gasteiger partial charge >= 0.3 is 0 Å². The lowest BCUT2D eigenvalue weighted by Crippen LogP contribution is -2.41. The van der Waals surface area contributed by atoms with Crippen molar-refractivity contribution in [3.63, 3.8) is 0 Å². The molecule has 0 spiro atoms. The van der Waals surface area contributed by atoms with Gasteiger partial charge in [0.1, 0.15) is 6.54 Å². The Morgan fingerprint density at radius 2 is 2.13 bits per heavy atom. The molecule has 1 aromatic heterocycles. The number of carbonyl (C=O) groups excluding carboxylic acids is 1. The van der Waals surface area contributed by atoms with Crippen LogP contribution in [0.5, 0.6) is 0 Å². The predicted molar refractivity (Wildman–Crippen MR) is 86.6 cm³/mol. The van der Waals surface area contributed by atoms with Crippen molar-refractivity contribution < 1.29 is 4.79 Å². The Kier molecular flexibility index (Phi) is 4.88. The second kappa shape index (κ2) is 7.06. The molecule has 1 heterocycles. The van der Waals surface area contributed by atoms with Crippen LogP contribution < -0.4 is 11.1 Å². The fourth-order valence-corrected chi connectivity index (χ4v) is 3.04. The van der Waals surface area contributed by atoms with Crippen molar-refractivity contribution in [2.75, 3.05) is 6.54 Å². The van der Waals surface area contributed by atoms with E-state index in [1.807, 2.05) is 12.1 Å². The molecule has 1 saturated carbocycles. The smallest absolute Gasteiger partial charge is 0.243 e. The molecule has 0 bridgehead atoms. The van der Waals surface area contributed by atoms with E-state index in [4.69, 9.17) is 17.3 Å². The molecule has 2 unspecified atom stereocenters. The van der Waals surface area contributed by atoms with Crippen LogP contribution in [0.15, 0.2) is 24.3 Å². The number of halogens is 1. The minimum absolute atomic E-state index is 0.0500. The standard InChI is InChI=1S/C15H19ClN6O/c16-12-6-4-10(5-7-12)15-19-21-22(20-15)9-14(23)18-13-3-1-2-11(13)8-17/h4-7,11,13H,1-3,8-9,17H2,(H,18,23). The molecule has 2 atom stereocenters. The van der Waals surface area contributed by atoms with E-state index in [2.05, 4.69) is 20.7 Å². The number of aromatic nitrogens is 4. The van der Waals surface area contributed by atoms with Gasteiger partial charge in [-0.05, 0) is 54.8 Å².